The van der Waals surface area contributed by atoms with Crippen LogP contribution in [0.2, 0.25) is 5.02 Å². The highest BCUT2D eigenvalue weighted by Gasteiger charge is 2.07. The Hall–Kier alpha value is -1.80. The van der Waals surface area contributed by atoms with E-state index in [1.807, 2.05) is 55.3 Å². The summed E-state index contributed by atoms with van der Waals surface area (Å²) in [6, 6.07) is 15.0. The molecule has 0 saturated heterocycles. The number of carbonyl (C=O) groups is 1. The first-order chi connectivity index (χ1) is 12.0. The molecule has 7 heteroatoms. The molecule has 0 atom stereocenters. The molecule has 0 bridgehead atoms. The minimum absolute atomic E-state index is 0. The van der Waals surface area contributed by atoms with Crippen LogP contribution in [0.3, 0.4) is 0 Å². The number of primary amides is 1. The van der Waals surface area contributed by atoms with Crippen molar-refractivity contribution < 1.29 is 4.79 Å². The second kappa shape index (κ2) is 11.0. The van der Waals surface area contributed by atoms with Gasteiger partial charge in [-0.1, -0.05) is 35.9 Å². The van der Waals surface area contributed by atoms with Gasteiger partial charge in [-0.15, -0.1) is 24.0 Å². The van der Waals surface area contributed by atoms with Crippen molar-refractivity contribution in [2.75, 3.05) is 13.6 Å². The largest absolute Gasteiger partial charge is 0.366 e. The van der Waals surface area contributed by atoms with E-state index in [0.29, 0.717) is 18.7 Å². The average Bonchev–Trinajstić information content (AvgIpc) is 2.60. The Morgan fingerprint density at radius 3 is 2.50 bits per heavy atom. The Kier molecular flexibility index (Phi) is 9.43. The standard InChI is InChI=1S/C19H23ClN4O.HI/c1-3-22-19(24(2)13-14-7-9-17(20)10-8-14)23-12-15-5-4-6-16(11-15)18(21)25;/h4-11H,3,12-13H2,1-2H3,(H2,21,25)(H,22,23);1H. The molecule has 0 aromatic heterocycles. The summed E-state index contributed by atoms with van der Waals surface area (Å²) in [7, 11) is 1.98. The highest BCUT2D eigenvalue weighted by molar-refractivity contribution is 14.0. The van der Waals surface area contributed by atoms with Crippen LogP contribution < -0.4 is 11.1 Å². The Bertz CT molecular complexity index is 749. The number of amides is 1. The lowest BCUT2D eigenvalue weighted by Gasteiger charge is -2.22. The topological polar surface area (TPSA) is 70.7 Å². The molecule has 0 spiro atoms. The molecule has 2 aromatic rings. The van der Waals surface area contributed by atoms with Crippen molar-refractivity contribution >= 4 is 47.4 Å². The number of nitrogens with zero attached hydrogens (tertiary/aromatic N) is 2. The number of carbonyl (C=O) groups excluding carboxylic acids is 1. The number of guanidine groups is 1. The first-order valence-electron chi connectivity index (χ1n) is 8.12. The van der Waals surface area contributed by atoms with Gasteiger partial charge in [0.2, 0.25) is 5.91 Å². The third-order valence-corrected chi connectivity index (χ3v) is 3.90. The molecular formula is C19H24ClIN4O. The minimum Gasteiger partial charge on any atom is -0.366 e. The van der Waals surface area contributed by atoms with E-state index in [1.54, 1.807) is 12.1 Å². The third kappa shape index (κ3) is 6.84. The van der Waals surface area contributed by atoms with E-state index >= 15 is 0 Å². The number of hydrogen-bond acceptors (Lipinski definition) is 2. The summed E-state index contributed by atoms with van der Waals surface area (Å²) in [6.07, 6.45) is 0. The predicted molar refractivity (Wildman–Crippen MR) is 118 cm³/mol. The number of halogens is 2. The second-order valence-electron chi connectivity index (χ2n) is 5.72. The molecule has 0 heterocycles. The summed E-state index contributed by atoms with van der Waals surface area (Å²) in [5.41, 5.74) is 7.90. The van der Waals surface area contributed by atoms with E-state index in [-0.39, 0.29) is 24.0 Å². The van der Waals surface area contributed by atoms with Gasteiger partial charge in [-0.2, -0.15) is 0 Å². The van der Waals surface area contributed by atoms with Crippen LogP contribution in [-0.4, -0.2) is 30.4 Å². The lowest BCUT2D eigenvalue weighted by Crippen LogP contribution is -2.38. The molecular weight excluding hydrogens is 463 g/mol. The molecule has 26 heavy (non-hydrogen) atoms. The van der Waals surface area contributed by atoms with Gasteiger partial charge in [-0.25, -0.2) is 4.99 Å². The summed E-state index contributed by atoms with van der Waals surface area (Å²) in [5.74, 6) is 0.361. The van der Waals surface area contributed by atoms with E-state index < -0.39 is 5.91 Å². The van der Waals surface area contributed by atoms with Crippen molar-refractivity contribution in [3.63, 3.8) is 0 Å². The van der Waals surface area contributed by atoms with Crippen LogP contribution in [0, 0.1) is 0 Å². The SMILES string of the molecule is CCNC(=NCc1cccc(C(N)=O)c1)N(C)Cc1ccc(Cl)cc1.I. The van der Waals surface area contributed by atoms with Crippen molar-refractivity contribution in [1.29, 1.82) is 0 Å². The number of hydrogen-bond donors (Lipinski definition) is 2. The molecule has 0 saturated carbocycles. The fourth-order valence-corrected chi connectivity index (χ4v) is 2.52. The van der Waals surface area contributed by atoms with Crippen LogP contribution in [0.25, 0.3) is 0 Å². The fourth-order valence-electron chi connectivity index (χ4n) is 2.40. The third-order valence-electron chi connectivity index (χ3n) is 3.65. The molecule has 0 fully saturated rings. The summed E-state index contributed by atoms with van der Waals surface area (Å²) in [6.45, 7) is 3.98. The van der Waals surface area contributed by atoms with Gasteiger partial charge in [-0.3, -0.25) is 4.79 Å². The lowest BCUT2D eigenvalue weighted by molar-refractivity contribution is 0.1000. The zero-order chi connectivity index (χ0) is 18.2. The summed E-state index contributed by atoms with van der Waals surface area (Å²) in [4.78, 5) is 18.0. The number of nitrogens with two attached hydrogens (primary N) is 1. The predicted octanol–water partition coefficient (Wildman–Crippen LogP) is 3.65. The van der Waals surface area contributed by atoms with Crippen LogP contribution >= 0.6 is 35.6 Å². The van der Waals surface area contributed by atoms with Gasteiger partial charge in [0, 0.05) is 30.7 Å². The highest BCUT2D eigenvalue weighted by atomic mass is 127. The van der Waals surface area contributed by atoms with Crippen molar-refractivity contribution in [3.05, 3.63) is 70.2 Å². The molecule has 1 amide bonds. The maximum absolute atomic E-state index is 11.3. The summed E-state index contributed by atoms with van der Waals surface area (Å²) >= 11 is 5.93. The lowest BCUT2D eigenvalue weighted by atomic mass is 10.1. The average molecular weight is 487 g/mol. The van der Waals surface area contributed by atoms with Crippen LogP contribution in [0.5, 0.6) is 0 Å². The summed E-state index contributed by atoms with van der Waals surface area (Å²) < 4.78 is 0. The Morgan fingerprint density at radius 2 is 1.88 bits per heavy atom. The molecule has 0 unspecified atom stereocenters. The van der Waals surface area contributed by atoms with Crippen molar-refractivity contribution in [3.8, 4) is 0 Å². The minimum atomic E-state index is -0.433. The van der Waals surface area contributed by atoms with Gasteiger partial charge in [0.15, 0.2) is 5.96 Å². The van der Waals surface area contributed by atoms with E-state index in [4.69, 9.17) is 17.3 Å². The molecule has 0 aliphatic carbocycles. The first kappa shape index (κ1) is 22.2. The quantitative estimate of drug-likeness (QED) is 0.372. The first-order valence-corrected chi connectivity index (χ1v) is 8.50. The van der Waals surface area contributed by atoms with Gasteiger partial charge in [0.1, 0.15) is 0 Å². The molecule has 0 aliphatic rings. The monoisotopic (exact) mass is 486 g/mol. The Morgan fingerprint density at radius 1 is 1.19 bits per heavy atom. The molecule has 5 nitrogen and oxygen atoms in total. The maximum Gasteiger partial charge on any atom is 0.248 e. The van der Waals surface area contributed by atoms with Crippen LogP contribution in [0.4, 0.5) is 0 Å². The van der Waals surface area contributed by atoms with Gasteiger partial charge in [0.05, 0.1) is 6.54 Å². The smallest absolute Gasteiger partial charge is 0.248 e. The van der Waals surface area contributed by atoms with Gasteiger partial charge in [-0.05, 0) is 42.3 Å². The number of rotatable bonds is 6. The fraction of sp³-hybridized carbons (Fsp3) is 0.263. The zero-order valence-corrected chi connectivity index (χ0v) is 18.0. The second-order valence-corrected chi connectivity index (χ2v) is 6.15. The maximum atomic E-state index is 11.3. The molecule has 0 aliphatic heterocycles. The van der Waals surface area contributed by atoms with Crippen LogP contribution in [0.1, 0.15) is 28.4 Å². The van der Waals surface area contributed by atoms with Crippen molar-refractivity contribution in [1.82, 2.24) is 10.2 Å². The van der Waals surface area contributed by atoms with E-state index in [9.17, 15) is 4.79 Å². The van der Waals surface area contributed by atoms with E-state index in [0.717, 1.165) is 28.7 Å². The summed E-state index contributed by atoms with van der Waals surface area (Å²) in [5, 5.41) is 4.00. The highest BCUT2D eigenvalue weighted by Crippen LogP contribution is 2.11. The molecule has 0 radical (unpaired) electrons. The molecule has 2 aromatic carbocycles. The molecule has 2 rings (SSSR count). The van der Waals surface area contributed by atoms with Gasteiger partial charge in [0.25, 0.3) is 0 Å². The van der Waals surface area contributed by atoms with Gasteiger partial charge >= 0.3 is 0 Å². The van der Waals surface area contributed by atoms with E-state index in [1.165, 1.54) is 0 Å². The Labute approximate surface area is 176 Å². The number of nitrogens with one attached hydrogen (secondary N) is 1. The zero-order valence-electron chi connectivity index (χ0n) is 14.9. The van der Waals surface area contributed by atoms with Crippen molar-refractivity contribution in [2.45, 2.75) is 20.0 Å². The van der Waals surface area contributed by atoms with Crippen LogP contribution in [0.15, 0.2) is 53.5 Å². The Balaban J connectivity index is 0.00000338. The van der Waals surface area contributed by atoms with Crippen molar-refractivity contribution in [2.24, 2.45) is 10.7 Å². The number of benzene rings is 2. The normalized spacial score (nSPS) is 10.8. The molecule has 3 N–H and O–H groups in total. The molecule has 140 valence electrons. The van der Waals surface area contributed by atoms with Gasteiger partial charge < -0.3 is 16.0 Å². The van der Waals surface area contributed by atoms with Crippen LogP contribution in [-0.2, 0) is 13.1 Å². The van der Waals surface area contributed by atoms with E-state index in [2.05, 4.69) is 10.3 Å². The number of aliphatic imine (C=N–C) groups is 1.